The van der Waals surface area contributed by atoms with Gasteiger partial charge >= 0.3 is 6.09 Å². The zero-order valence-corrected chi connectivity index (χ0v) is 21.7. The molecule has 9 nitrogen and oxygen atoms in total. The van der Waals surface area contributed by atoms with E-state index in [1.807, 2.05) is 31.2 Å². The Labute approximate surface area is 222 Å². The van der Waals surface area contributed by atoms with Crippen molar-refractivity contribution < 1.29 is 29.0 Å². The highest BCUT2D eigenvalue weighted by Crippen LogP contribution is 2.44. The number of aliphatic hydroxyl groups is 1. The molecule has 0 aromatic heterocycles. The highest BCUT2D eigenvalue weighted by atomic mass is 19.1. The van der Waals surface area contributed by atoms with E-state index in [2.05, 4.69) is 10.6 Å². The first-order valence-corrected chi connectivity index (χ1v) is 13.0. The summed E-state index contributed by atoms with van der Waals surface area (Å²) in [6.45, 7) is 2.40. The van der Waals surface area contributed by atoms with Crippen molar-refractivity contribution in [1.82, 2.24) is 15.5 Å². The van der Waals surface area contributed by atoms with Gasteiger partial charge in [0.25, 0.3) is 0 Å². The molecule has 38 heavy (non-hydrogen) atoms. The molecule has 1 heterocycles. The van der Waals surface area contributed by atoms with Gasteiger partial charge < -0.3 is 31.5 Å². The van der Waals surface area contributed by atoms with Gasteiger partial charge in [-0.1, -0.05) is 43.3 Å². The molecule has 0 aliphatic carbocycles. The second-order valence-electron chi connectivity index (χ2n) is 9.64. The summed E-state index contributed by atoms with van der Waals surface area (Å²) in [4.78, 5) is 36.9. The molecule has 3 amide bonds. The number of halogens is 1. The third kappa shape index (κ3) is 7.08. The maximum absolute atomic E-state index is 15.5. The smallest absolute Gasteiger partial charge is 0.404 e. The number of hydrogen-bond acceptors (Lipinski definition) is 5. The van der Waals surface area contributed by atoms with Crippen molar-refractivity contribution >= 4 is 17.9 Å². The Kier molecular flexibility index (Phi) is 10.2. The van der Waals surface area contributed by atoms with Gasteiger partial charge in [-0.2, -0.15) is 0 Å². The summed E-state index contributed by atoms with van der Waals surface area (Å²) >= 11 is 0. The fraction of sp³-hybridized carbons (Fsp3) is 0.464. The zero-order valence-electron chi connectivity index (χ0n) is 21.7. The number of nitrogens with two attached hydrogens (primary N) is 1. The minimum atomic E-state index is -1.54. The Bertz CT molecular complexity index is 1140. The quantitative estimate of drug-likeness (QED) is 0.284. The number of carbonyl (C=O) groups excluding carboxylic acids is 2. The summed E-state index contributed by atoms with van der Waals surface area (Å²) in [7, 11) is 0. The molecular weight excluding hydrogens is 491 g/mol. The molecule has 0 spiro atoms. The topological polar surface area (TPSA) is 145 Å². The van der Waals surface area contributed by atoms with Crippen LogP contribution in [0, 0.1) is 11.7 Å². The standard InChI is InChI=1S/C28H37FN4O5/c1-2-19-7-3-8-20(15-19)26-22(10-4-11-23(26)29)28(38,12-6-13-31-27(36)37)21-9-5-14-33(18-21)25(35)17-32-24(34)16-30/h3-4,7-8,10-11,15,21,31,38H,2,5-6,9,12-14,16-18,30H2,1H3,(H,32,34)(H,36,37)/t21-,28+/m1/s1. The first-order chi connectivity index (χ1) is 18.2. The molecule has 0 radical (unpaired) electrons. The van der Waals surface area contributed by atoms with Crippen molar-refractivity contribution in [2.24, 2.45) is 11.7 Å². The van der Waals surface area contributed by atoms with Crippen molar-refractivity contribution in [2.45, 2.75) is 44.6 Å². The van der Waals surface area contributed by atoms with Gasteiger partial charge in [-0.15, -0.1) is 0 Å². The molecule has 206 valence electrons. The van der Waals surface area contributed by atoms with Crippen LogP contribution in [0.25, 0.3) is 11.1 Å². The number of piperidine rings is 1. The van der Waals surface area contributed by atoms with Gasteiger partial charge in [0.15, 0.2) is 0 Å². The number of benzene rings is 2. The summed E-state index contributed by atoms with van der Waals surface area (Å²) in [6.07, 6.45) is 1.28. The molecule has 2 aromatic carbocycles. The van der Waals surface area contributed by atoms with Crippen molar-refractivity contribution in [1.29, 1.82) is 0 Å². The fourth-order valence-corrected chi connectivity index (χ4v) is 5.19. The molecule has 1 saturated heterocycles. The highest BCUT2D eigenvalue weighted by molar-refractivity contribution is 5.85. The SMILES string of the molecule is CCc1cccc(-c2c(F)cccc2[C@](O)(CCCNC(=O)O)[C@@H]2CCCN(C(=O)CNC(=O)CN)C2)c1. The highest BCUT2D eigenvalue weighted by Gasteiger charge is 2.43. The monoisotopic (exact) mass is 528 g/mol. The number of amides is 3. The number of rotatable bonds is 11. The number of nitrogens with one attached hydrogen (secondary N) is 2. The molecule has 2 aromatic rings. The summed E-state index contributed by atoms with van der Waals surface area (Å²) in [5.41, 5.74) is 6.15. The maximum Gasteiger partial charge on any atom is 0.404 e. The predicted octanol–water partition coefficient (Wildman–Crippen LogP) is 2.60. The van der Waals surface area contributed by atoms with Crippen LogP contribution in [0.5, 0.6) is 0 Å². The van der Waals surface area contributed by atoms with Crippen molar-refractivity contribution in [2.75, 3.05) is 32.7 Å². The van der Waals surface area contributed by atoms with Gasteiger partial charge in [0.05, 0.1) is 18.7 Å². The minimum Gasteiger partial charge on any atom is -0.465 e. The summed E-state index contributed by atoms with van der Waals surface area (Å²) < 4.78 is 15.5. The van der Waals surface area contributed by atoms with Crippen molar-refractivity contribution in [3.63, 3.8) is 0 Å². The Balaban J connectivity index is 1.99. The summed E-state index contributed by atoms with van der Waals surface area (Å²) in [6, 6.07) is 12.2. The Morgan fingerprint density at radius 1 is 1.18 bits per heavy atom. The second-order valence-corrected chi connectivity index (χ2v) is 9.64. The number of nitrogens with zero attached hydrogens (tertiary/aromatic N) is 1. The molecule has 2 atom stereocenters. The third-order valence-corrected chi connectivity index (χ3v) is 7.19. The van der Waals surface area contributed by atoms with Gasteiger partial charge in [0.2, 0.25) is 11.8 Å². The van der Waals surface area contributed by atoms with Crippen LogP contribution in [0.15, 0.2) is 42.5 Å². The molecule has 0 bridgehead atoms. The first kappa shape index (κ1) is 29.1. The average molecular weight is 529 g/mol. The van der Waals surface area contributed by atoms with E-state index >= 15 is 4.39 Å². The average Bonchev–Trinajstić information content (AvgIpc) is 2.93. The zero-order chi connectivity index (χ0) is 27.7. The first-order valence-electron chi connectivity index (χ1n) is 13.0. The van der Waals surface area contributed by atoms with Crippen LogP contribution in [-0.2, 0) is 21.6 Å². The van der Waals surface area contributed by atoms with E-state index in [4.69, 9.17) is 10.8 Å². The van der Waals surface area contributed by atoms with Crippen LogP contribution in [0.2, 0.25) is 0 Å². The summed E-state index contributed by atoms with van der Waals surface area (Å²) in [5, 5.41) is 26.1. The van der Waals surface area contributed by atoms with Gasteiger partial charge in [0.1, 0.15) is 5.82 Å². The van der Waals surface area contributed by atoms with Crippen LogP contribution in [-0.4, -0.2) is 65.7 Å². The lowest BCUT2D eigenvalue weighted by atomic mass is 9.72. The lowest BCUT2D eigenvalue weighted by Gasteiger charge is -2.43. The van der Waals surface area contributed by atoms with Gasteiger partial charge in [-0.05, 0) is 54.9 Å². The number of aryl methyl sites for hydroxylation is 1. The number of likely N-dealkylation sites (tertiary alicyclic amines) is 1. The third-order valence-electron chi connectivity index (χ3n) is 7.19. The molecule has 1 fully saturated rings. The number of carbonyl (C=O) groups is 3. The molecule has 1 aliphatic heterocycles. The van der Waals surface area contributed by atoms with Crippen LogP contribution in [0.1, 0.15) is 43.7 Å². The molecule has 1 aliphatic rings. The van der Waals surface area contributed by atoms with Crippen LogP contribution >= 0.6 is 0 Å². The molecular formula is C28H37FN4O5. The lowest BCUT2D eigenvalue weighted by molar-refractivity contribution is -0.137. The molecule has 10 heteroatoms. The van der Waals surface area contributed by atoms with Gasteiger partial charge in [0, 0.05) is 31.1 Å². The normalized spacial score (nSPS) is 16.9. The lowest BCUT2D eigenvalue weighted by Crippen LogP contribution is -2.51. The number of carboxylic acid groups (broad SMARTS) is 1. The van der Waals surface area contributed by atoms with E-state index in [0.717, 1.165) is 12.0 Å². The van der Waals surface area contributed by atoms with Gasteiger partial charge in [-0.3, -0.25) is 9.59 Å². The Morgan fingerprint density at radius 3 is 2.66 bits per heavy atom. The largest absolute Gasteiger partial charge is 0.465 e. The molecule has 3 rings (SSSR count). The summed E-state index contributed by atoms with van der Waals surface area (Å²) in [5.74, 6) is -1.63. The maximum atomic E-state index is 15.5. The van der Waals surface area contributed by atoms with E-state index in [-0.39, 0.29) is 38.5 Å². The van der Waals surface area contributed by atoms with Crippen molar-refractivity contribution in [3.05, 3.63) is 59.4 Å². The second kappa shape index (κ2) is 13.3. The Morgan fingerprint density at radius 2 is 1.95 bits per heavy atom. The number of hydrogen-bond donors (Lipinski definition) is 5. The van der Waals surface area contributed by atoms with E-state index in [0.29, 0.717) is 42.5 Å². The van der Waals surface area contributed by atoms with Crippen LogP contribution in [0.4, 0.5) is 9.18 Å². The van der Waals surface area contributed by atoms with Gasteiger partial charge in [-0.25, -0.2) is 9.18 Å². The fourth-order valence-electron chi connectivity index (χ4n) is 5.19. The van der Waals surface area contributed by atoms with Crippen LogP contribution in [0.3, 0.4) is 0 Å². The van der Waals surface area contributed by atoms with E-state index in [1.54, 1.807) is 17.0 Å². The molecule has 0 saturated carbocycles. The Hall–Kier alpha value is -3.50. The van der Waals surface area contributed by atoms with Crippen LogP contribution < -0.4 is 16.4 Å². The van der Waals surface area contributed by atoms with E-state index in [9.17, 15) is 19.5 Å². The van der Waals surface area contributed by atoms with Crippen molar-refractivity contribution in [3.8, 4) is 11.1 Å². The molecule has 0 unspecified atom stereocenters. The van der Waals surface area contributed by atoms with E-state index in [1.165, 1.54) is 6.07 Å². The predicted molar refractivity (Wildman–Crippen MR) is 142 cm³/mol. The van der Waals surface area contributed by atoms with E-state index < -0.39 is 29.3 Å². The minimum absolute atomic E-state index is 0.119. The molecule has 6 N–H and O–H groups in total.